The fourth-order valence-corrected chi connectivity index (χ4v) is 7.47. The molecule has 0 fully saturated rings. The van der Waals surface area contributed by atoms with E-state index in [0.29, 0.717) is 10.3 Å². The van der Waals surface area contributed by atoms with E-state index in [0.717, 1.165) is 29.1 Å². The third-order valence-electron chi connectivity index (χ3n) is 8.74. The second-order valence-electron chi connectivity index (χ2n) is 12.1. The molecule has 5 nitrogen and oxygen atoms in total. The number of nitrogens with two attached hydrogens (primary N) is 2. The zero-order chi connectivity index (χ0) is 29.9. The average Bonchev–Trinajstić information content (AvgIpc) is 3.73. The van der Waals surface area contributed by atoms with Crippen LogP contribution in [0.15, 0.2) is 47.2 Å². The molecule has 0 saturated heterocycles. The van der Waals surface area contributed by atoms with Crippen molar-refractivity contribution in [2.45, 2.75) is 116 Å². The molecule has 0 aliphatic carbocycles. The first-order valence-corrected chi connectivity index (χ1v) is 18.4. The maximum absolute atomic E-state index is 5.95. The number of benzene rings is 2. The first-order valence-electron chi connectivity index (χ1n) is 16.6. The highest BCUT2D eigenvalue weighted by Gasteiger charge is 2.15. The van der Waals surface area contributed by atoms with Gasteiger partial charge < -0.3 is 16.0 Å². The SMILES string of the molecule is CCCCCCCCCCCCCCCCCCn1c2ccc(-c3csc(N)n3)cc2c2cc(-c3csc(N)n3)ccc21. The molecule has 4 N–H and O–H groups in total. The van der Waals surface area contributed by atoms with Gasteiger partial charge in [0.05, 0.1) is 11.4 Å². The van der Waals surface area contributed by atoms with E-state index in [1.807, 2.05) is 10.8 Å². The van der Waals surface area contributed by atoms with E-state index < -0.39 is 0 Å². The van der Waals surface area contributed by atoms with Gasteiger partial charge in [-0.3, -0.25) is 0 Å². The van der Waals surface area contributed by atoms with Crippen LogP contribution in [0.4, 0.5) is 10.3 Å². The van der Waals surface area contributed by atoms with Gasteiger partial charge in [-0.05, 0) is 30.7 Å². The lowest BCUT2D eigenvalue weighted by Crippen LogP contribution is -1.98. The normalized spacial score (nSPS) is 11.7. The maximum atomic E-state index is 5.95. The monoisotopic (exact) mass is 615 g/mol. The van der Waals surface area contributed by atoms with Crippen LogP contribution >= 0.6 is 22.7 Å². The largest absolute Gasteiger partial charge is 0.375 e. The number of aryl methyl sites for hydroxylation is 1. The van der Waals surface area contributed by atoms with Crippen molar-refractivity contribution < 1.29 is 0 Å². The highest BCUT2D eigenvalue weighted by molar-refractivity contribution is 7.14. The molecule has 0 radical (unpaired) electrons. The van der Waals surface area contributed by atoms with Crippen LogP contribution < -0.4 is 11.5 Å². The van der Waals surface area contributed by atoms with Crippen LogP contribution in [-0.2, 0) is 6.54 Å². The number of unbranched alkanes of at least 4 members (excludes halogenated alkanes) is 15. The Kier molecular flexibility index (Phi) is 11.9. The Morgan fingerprint density at radius 1 is 0.558 bits per heavy atom. The summed E-state index contributed by atoms with van der Waals surface area (Å²) in [6.45, 7) is 3.33. The van der Waals surface area contributed by atoms with Crippen molar-refractivity contribution in [2.24, 2.45) is 0 Å². The lowest BCUT2D eigenvalue weighted by atomic mass is 10.0. The first kappa shape index (κ1) is 31.5. The highest BCUT2D eigenvalue weighted by Crippen LogP contribution is 2.36. The zero-order valence-electron chi connectivity index (χ0n) is 26.0. The van der Waals surface area contributed by atoms with Crippen molar-refractivity contribution in [3.05, 3.63) is 47.2 Å². The van der Waals surface area contributed by atoms with Crippen LogP contribution in [0.1, 0.15) is 110 Å². The van der Waals surface area contributed by atoms with Gasteiger partial charge in [0.25, 0.3) is 0 Å². The number of rotatable bonds is 19. The highest BCUT2D eigenvalue weighted by atomic mass is 32.1. The van der Waals surface area contributed by atoms with Gasteiger partial charge in [-0.25, -0.2) is 9.97 Å². The summed E-state index contributed by atoms with van der Waals surface area (Å²) < 4.78 is 2.51. The van der Waals surface area contributed by atoms with Gasteiger partial charge in [0.1, 0.15) is 0 Å². The summed E-state index contributed by atoms with van der Waals surface area (Å²) in [7, 11) is 0. The van der Waals surface area contributed by atoms with Gasteiger partial charge in [-0.2, -0.15) is 0 Å². The second-order valence-corrected chi connectivity index (χ2v) is 13.8. The minimum Gasteiger partial charge on any atom is -0.375 e. The number of nitrogen functional groups attached to an aromatic ring is 2. The summed E-state index contributed by atoms with van der Waals surface area (Å²) in [6.07, 6.45) is 22.2. The summed E-state index contributed by atoms with van der Waals surface area (Å²) in [4.78, 5) is 9.07. The van der Waals surface area contributed by atoms with Gasteiger partial charge >= 0.3 is 0 Å². The molecule has 3 heterocycles. The molecule has 0 aliphatic rings. The molecular weight excluding hydrogens is 567 g/mol. The van der Waals surface area contributed by atoms with E-state index in [4.69, 9.17) is 11.5 Å². The molecule has 5 rings (SSSR count). The Labute approximate surface area is 265 Å². The molecule has 0 aliphatic heterocycles. The number of nitrogens with zero attached hydrogens (tertiary/aromatic N) is 3. The lowest BCUT2D eigenvalue weighted by molar-refractivity contribution is 0.524. The Balaban J connectivity index is 1.13. The summed E-state index contributed by atoms with van der Waals surface area (Å²) in [5.41, 5.74) is 18.5. The van der Waals surface area contributed by atoms with E-state index in [-0.39, 0.29) is 0 Å². The Morgan fingerprint density at radius 2 is 0.953 bits per heavy atom. The molecule has 3 aromatic heterocycles. The van der Waals surface area contributed by atoms with Gasteiger partial charge in [-0.15, -0.1) is 22.7 Å². The van der Waals surface area contributed by atoms with Crippen LogP contribution in [0.5, 0.6) is 0 Å². The molecule has 5 aromatic rings. The Bertz CT molecular complexity index is 1470. The molecule has 0 saturated carbocycles. The number of anilines is 2. The van der Waals surface area contributed by atoms with Crippen LogP contribution in [0.3, 0.4) is 0 Å². The minimum atomic E-state index is 0.601. The first-order chi connectivity index (χ1) is 21.1. The summed E-state index contributed by atoms with van der Waals surface area (Å²) >= 11 is 2.97. The number of hydrogen-bond acceptors (Lipinski definition) is 6. The number of hydrogen-bond donors (Lipinski definition) is 2. The zero-order valence-corrected chi connectivity index (χ0v) is 27.6. The molecule has 43 heavy (non-hydrogen) atoms. The Hall–Kier alpha value is -2.90. The summed E-state index contributed by atoms with van der Waals surface area (Å²) in [5.74, 6) is 0. The fourth-order valence-electron chi connectivity index (χ4n) is 6.32. The average molecular weight is 616 g/mol. The van der Waals surface area contributed by atoms with Gasteiger partial charge in [0, 0.05) is 50.2 Å². The van der Waals surface area contributed by atoms with E-state index in [9.17, 15) is 0 Å². The quantitative estimate of drug-likeness (QED) is 0.0905. The fraction of sp³-hybridized carbons (Fsp3) is 0.500. The smallest absolute Gasteiger partial charge is 0.180 e. The van der Waals surface area contributed by atoms with Crippen molar-refractivity contribution in [3.63, 3.8) is 0 Å². The minimum absolute atomic E-state index is 0.601. The van der Waals surface area contributed by atoms with Crippen LogP contribution in [-0.4, -0.2) is 14.5 Å². The lowest BCUT2D eigenvalue weighted by Gasteiger charge is -2.08. The van der Waals surface area contributed by atoms with E-state index >= 15 is 0 Å². The molecule has 2 aromatic carbocycles. The topological polar surface area (TPSA) is 82.8 Å². The molecule has 0 atom stereocenters. The van der Waals surface area contributed by atoms with Crippen molar-refractivity contribution in [1.29, 1.82) is 0 Å². The second kappa shape index (κ2) is 16.2. The summed E-state index contributed by atoms with van der Waals surface area (Å²) in [6, 6.07) is 13.4. The number of fused-ring (bicyclic) bond motifs is 3. The third-order valence-corrected chi connectivity index (χ3v) is 10.1. The Morgan fingerprint density at radius 3 is 1.33 bits per heavy atom. The molecule has 0 unspecified atom stereocenters. The summed E-state index contributed by atoms with van der Waals surface area (Å²) in [5, 5.41) is 7.78. The van der Waals surface area contributed by atoms with Crippen molar-refractivity contribution in [1.82, 2.24) is 14.5 Å². The molecule has 0 bridgehead atoms. The van der Waals surface area contributed by atoms with Gasteiger partial charge in [-0.1, -0.05) is 115 Å². The molecule has 0 amide bonds. The van der Waals surface area contributed by atoms with Crippen molar-refractivity contribution in [2.75, 3.05) is 11.5 Å². The molecule has 230 valence electrons. The van der Waals surface area contributed by atoms with E-state index in [1.165, 1.54) is 147 Å². The standard InChI is InChI=1S/C36H49N5S2/c1-2-3-4-5-6-7-8-9-10-11-12-13-14-15-16-17-22-41-33-20-18-27(31-25-42-35(37)39-31)23-29(33)30-24-28(19-21-34(30)41)32-26-43-36(38)40-32/h18-21,23-26H,2-17,22H2,1H3,(H2,37,39)(H2,38,40). The van der Waals surface area contributed by atoms with Gasteiger partial charge in [0.15, 0.2) is 10.3 Å². The third kappa shape index (κ3) is 8.60. The van der Waals surface area contributed by atoms with Crippen molar-refractivity contribution in [3.8, 4) is 22.5 Å². The van der Waals surface area contributed by atoms with E-state index in [1.54, 1.807) is 0 Å². The molecule has 7 heteroatoms. The predicted molar refractivity (Wildman–Crippen MR) is 190 cm³/mol. The number of thiazole rings is 2. The maximum Gasteiger partial charge on any atom is 0.180 e. The van der Waals surface area contributed by atoms with Crippen LogP contribution in [0, 0.1) is 0 Å². The van der Waals surface area contributed by atoms with Crippen LogP contribution in [0.2, 0.25) is 0 Å². The molecule has 0 spiro atoms. The van der Waals surface area contributed by atoms with Crippen molar-refractivity contribution >= 4 is 54.7 Å². The van der Waals surface area contributed by atoms with Crippen LogP contribution in [0.25, 0.3) is 44.3 Å². The van der Waals surface area contributed by atoms with E-state index in [2.05, 4.69) is 57.9 Å². The number of aromatic nitrogens is 3. The molecular formula is C36H49N5S2. The van der Waals surface area contributed by atoms with Gasteiger partial charge in [0.2, 0.25) is 0 Å². The predicted octanol–water partition coefficient (Wildman–Crippen LogP) is 11.5.